The van der Waals surface area contributed by atoms with E-state index in [4.69, 9.17) is 8.23 Å². The zero-order valence-electron chi connectivity index (χ0n) is 8.06. The van der Waals surface area contributed by atoms with Gasteiger partial charge in [-0.15, -0.1) is 0 Å². The molecule has 0 saturated carbocycles. The first kappa shape index (κ1) is 10.7. The van der Waals surface area contributed by atoms with Gasteiger partial charge in [-0.3, -0.25) is 0 Å². The zero-order chi connectivity index (χ0) is 9.52. The standard InChI is InChI=1S/C7H15NO2Si3/c1-8(12-10-13-9-11)7-5-3-2-4-6-7/h2-6H,12-13H2,1,11H3. The van der Waals surface area contributed by atoms with Crippen LogP contribution in [0.1, 0.15) is 0 Å². The van der Waals surface area contributed by atoms with E-state index < -0.39 is 19.9 Å². The van der Waals surface area contributed by atoms with Crippen molar-refractivity contribution in [1.29, 1.82) is 0 Å². The molecule has 6 heteroatoms. The van der Waals surface area contributed by atoms with E-state index in [9.17, 15) is 0 Å². The Bertz CT molecular complexity index is 234. The third kappa shape index (κ3) is 3.87. The fourth-order valence-corrected chi connectivity index (χ4v) is 4.93. The molecule has 0 aliphatic rings. The molecule has 1 aromatic carbocycles. The van der Waals surface area contributed by atoms with E-state index in [1.165, 1.54) is 5.69 Å². The van der Waals surface area contributed by atoms with E-state index in [-0.39, 0.29) is 0 Å². The molecule has 0 amide bonds. The van der Waals surface area contributed by atoms with Gasteiger partial charge in [0.25, 0.3) is 19.9 Å². The van der Waals surface area contributed by atoms with Gasteiger partial charge in [0.2, 0.25) is 0 Å². The van der Waals surface area contributed by atoms with Crippen LogP contribution in [-0.2, 0) is 8.23 Å². The van der Waals surface area contributed by atoms with Crippen molar-refractivity contribution in [1.82, 2.24) is 0 Å². The van der Waals surface area contributed by atoms with Crippen LogP contribution >= 0.6 is 0 Å². The molecule has 0 bridgehead atoms. The molecule has 1 rings (SSSR count). The number of rotatable bonds is 5. The van der Waals surface area contributed by atoms with Crippen LogP contribution in [0, 0.1) is 0 Å². The van der Waals surface area contributed by atoms with Crippen LogP contribution in [-0.4, -0.2) is 37.5 Å². The maximum absolute atomic E-state index is 5.52. The van der Waals surface area contributed by atoms with Crippen molar-refractivity contribution in [2.24, 2.45) is 0 Å². The minimum atomic E-state index is -0.644. The molecular weight excluding hydrogens is 214 g/mol. The van der Waals surface area contributed by atoms with E-state index in [1.54, 1.807) is 0 Å². The van der Waals surface area contributed by atoms with E-state index in [0.29, 0.717) is 0 Å². The molecule has 0 aromatic heterocycles. The predicted molar refractivity (Wildman–Crippen MR) is 64.0 cm³/mol. The average Bonchev–Trinajstić information content (AvgIpc) is 2.19. The summed E-state index contributed by atoms with van der Waals surface area (Å²) in [4.78, 5) is 0. The number of hydrogen-bond donors (Lipinski definition) is 0. The summed E-state index contributed by atoms with van der Waals surface area (Å²) < 4.78 is 12.8. The molecule has 0 spiro atoms. The molecule has 0 saturated heterocycles. The Morgan fingerprint density at radius 1 is 1.31 bits per heavy atom. The zero-order valence-corrected chi connectivity index (χ0v) is 12.9. The van der Waals surface area contributed by atoms with E-state index in [1.807, 2.05) is 18.2 Å². The largest absolute Gasteiger partial charge is 0.449 e. The Kier molecular flexibility index (Phi) is 5.01. The van der Waals surface area contributed by atoms with Crippen molar-refractivity contribution in [3.63, 3.8) is 0 Å². The lowest BCUT2D eigenvalue weighted by molar-refractivity contribution is 0.501. The summed E-state index contributed by atoms with van der Waals surface area (Å²) in [6, 6.07) is 10.3. The quantitative estimate of drug-likeness (QED) is 0.450. The maximum Gasteiger partial charge on any atom is 0.284 e. The first-order chi connectivity index (χ1) is 6.34. The Morgan fingerprint density at radius 3 is 2.62 bits per heavy atom. The molecule has 13 heavy (non-hydrogen) atoms. The molecule has 0 radical (unpaired) electrons. The Balaban J connectivity index is 2.35. The van der Waals surface area contributed by atoms with Gasteiger partial charge in [0.05, 0.1) is 0 Å². The summed E-state index contributed by atoms with van der Waals surface area (Å²) in [5.74, 6) is 0. The summed E-state index contributed by atoms with van der Waals surface area (Å²) in [6.45, 7) is 0. The summed E-state index contributed by atoms with van der Waals surface area (Å²) >= 11 is 0. The van der Waals surface area contributed by atoms with Gasteiger partial charge >= 0.3 is 0 Å². The average molecular weight is 229 g/mol. The number of para-hydroxylation sites is 1. The summed E-state index contributed by atoms with van der Waals surface area (Å²) in [6.07, 6.45) is 0. The molecule has 0 heterocycles. The number of anilines is 1. The molecular formula is C7H15NO2Si3. The van der Waals surface area contributed by atoms with Crippen LogP contribution in [0.15, 0.2) is 30.3 Å². The normalized spacial score (nSPS) is 12.1. The lowest BCUT2D eigenvalue weighted by atomic mass is 10.3. The summed E-state index contributed by atoms with van der Waals surface area (Å²) in [7, 11) is 1.66. The Morgan fingerprint density at radius 2 is 2.00 bits per heavy atom. The third-order valence-electron chi connectivity index (χ3n) is 1.68. The van der Waals surface area contributed by atoms with Crippen LogP contribution in [0.2, 0.25) is 0 Å². The smallest absolute Gasteiger partial charge is 0.284 e. The van der Waals surface area contributed by atoms with Gasteiger partial charge in [-0.25, -0.2) is 0 Å². The Hall–Kier alpha value is -0.409. The lowest BCUT2D eigenvalue weighted by Gasteiger charge is -2.18. The summed E-state index contributed by atoms with van der Waals surface area (Å²) in [5.41, 5.74) is 1.23. The summed E-state index contributed by atoms with van der Waals surface area (Å²) in [5, 5.41) is 0. The predicted octanol–water partition coefficient (Wildman–Crippen LogP) is -1.57. The van der Waals surface area contributed by atoms with Gasteiger partial charge in [0.15, 0.2) is 0 Å². The first-order valence-electron chi connectivity index (χ1n) is 4.17. The fraction of sp³-hybridized carbons (Fsp3) is 0.143. The highest BCUT2D eigenvalue weighted by molar-refractivity contribution is 6.44. The number of nitrogens with zero attached hydrogens (tertiary/aromatic N) is 1. The van der Waals surface area contributed by atoms with Gasteiger partial charge in [-0.2, -0.15) is 0 Å². The molecule has 0 N–H and O–H groups in total. The van der Waals surface area contributed by atoms with Gasteiger partial charge < -0.3 is 12.8 Å². The minimum Gasteiger partial charge on any atom is -0.449 e. The second kappa shape index (κ2) is 6.11. The highest BCUT2D eigenvalue weighted by atomic mass is 28.3. The molecule has 1 aromatic rings. The Labute approximate surface area is 86.7 Å². The fourth-order valence-electron chi connectivity index (χ4n) is 1.01. The van der Waals surface area contributed by atoms with E-state index in [2.05, 4.69) is 23.7 Å². The van der Waals surface area contributed by atoms with Crippen molar-refractivity contribution in [3.05, 3.63) is 30.3 Å². The van der Waals surface area contributed by atoms with Crippen molar-refractivity contribution in [3.8, 4) is 0 Å². The van der Waals surface area contributed by atoms with Crippen LogP contribution in [0.4, 0.5) is 5.69 Å². The highest BCUT2D eigenvalue weighted by Crippen LogP contribution is 2.08. The monoisotopic (exact) mass is 229 g/mol. The van der Waals surface area contributed by atoms with Gasteiger partial charge in [0, 0.05) is 5.69 Å². The van der Waals surface area contributed by atoms with Crippen molar-refractivity contribution in [2.45, 2.75) is 0 Å². The first-order valence-corrected chi connectivity index (χ1v) is 7.35. The molecule has 72 valence electrons. The maximum atomic E-state index is 5.52. The molecule has 0 aliphatic carbocycles. The minimum absolute atomic E-state index is 0.581. The molecule has 0 atom stereocenters. The van der Waals surface area contributed by atoms with E-state index >= 15 is 0 Å². The van der Waals surface area contributed by atoms with Gasteiger partial charge in [0.1, 0.15) is 10.5 Å². The van der Waals surface area contributed by atoms with Crippen LogP contribution < -0.4 is 4.57 Å². The van der Waals surface area contributed by atoms with Crippen molar-refractivity contribution >= 4 is 36.1 Å². The van der Waals surface area contributed by atoms with Crippen LogP contribution in [0.25, 0.3) is 0 Å². The molecule has 3 nitrogen and oxygen atoms in total. The molecule has 0 unspecified atom stereocenters. The number of hydrogen-bond acceptors (Lipinski definition) is 3. The van der Waals surface area contributed by atoms with E-state index in [0.717, 1.165) is 10.5 Å². The van der Waals surface area contributed by atoms with Crippen molar-refractivity contribution < 1.29 is 8.23 Å². The third-order valence-corrected chi connectivity index (χ3v) is 4.78. The molecule has 0 aliphatic heterocycles. The lowest BCUT2D eigenvalue weighted by Crippen LogP contribution is -2.26. The number of benzene rings is 1. The van der Waals surface area contributed by atoms with Gasteiger partial charge in [-0.1, -0.05) is 18.2 Å². The van der Waals surface area contributed by atoms with Crippen LogP contribution in [0.5, 0.6) is 0 Å². The van der Waals surface area contributed by atoms with Gasteiger partial charge in [-0.05, 0) is 19.2 Å². The van der Waals surface area contributed by atoms with Crippen molar-refractivity contribution in [2.75, 3.05) is 11.6 Å². The molecule has 0 fully saturated rings. The SMILES string of the molecule is CN([SiH2]O[SiH2]O[SiH3])c1ccccc1. The highest BCUT2D eigenvalue weighted by Gasteiger charge is 1.98. The van der Waals surface area contributed by atoms with Crippen LogP contribution in [0.3, 0.4) is 0 Å². The topological polar surface area (TPSA) is 21.7 Å². The second-order valence-corrected chi connectivity index (χ2v) is 8.16. The second-order valence-electron chi connectivity index (χ2n) is 2.77.